The zero-order valence-corrected chi connectivity index (χ0v) is 11.2. The SMILES string of the molecule is O=C(O)CN1Cc2ccccc2C(c2ccccc2)C1. The highest BCUT2D eigenvalue weighted by molar-refractivity contribution is 5.69. The minimum atomic E-state index is -0.767. The van der Waals surface area contributed by atoms with Crippen molar-refractivity contribution in [1.29, 1.82) is 0 Å². The Kier molecular flexibility index (Phi) is 3.52. The highest BCUT2D eigenvalue weighted by Gasteiger charge is 2.26. The molecule has 102 valence electrons. The van der Waals surface area contributed by atoms with Crippen molar-refractivity contribution in [2.75, 3.05) is 13.1 Å². The monoisotopic (exact) mass is 267 g/mol. The maximum Gasteiger partial charge on any atom is 0.317 e. The molecule has 0 radical (unpaired) electrons. The molecule has 1 N–H and O–H groups in total. The third-order valence-electron chi connectivity index (χ3n) is 3.83. The average molecular weight is 267 g/mol. The number of rotatable bonds is 3. The van der Waals surface area contributed by atoms with Crippen LogP contribution in [-0.4, -0.2) is 29.1 Å². The summed E-state index contributed by atoms with van der Waals surface area (Å²) in [6.45, 7) is 1.57. The number of carboxylic acid groups (broad SMARTS) is 1. The van der Waals surface area contributed by atoms with Crippen LogP contribution in [0.15, 0.2) is 54.6 Å². The first kappa shape index (κ1) is 12.9. The van der Waals surface area contributed by atoms with Gasteiger partial charge in [-0.05, 0) is 16.7 Å². The fraction of sp³-hybridized carbons (Fsp3) is 0.235. The van der Waals surface area contributed by atoms with E-state index >= 15 is 0 Å². The first-order valence-electron chi connectivity index (χ1n) is 6.81. The molecular weight excluding hydrogens is 250 g/mol. The number of hydrogen-bond acceptors (Lipinski definition) is 2. The number of hydrogen-bond donors (Lipinski definition) is 1. The van der Waals surface area contributed by atoms with Crippen LogP contribution < -0.4 is 0 Å². The number of carboxylic acids is 1. The van der Waals surface area contributed by atoms with Crippen LogP contribution in [-0.2, 0) is 11.3 Å². The number of benzene rings is 2. The van der Waals surface area contributed by atoms with Gasteiger partial charge in [-0.25, -0.2) is 0 Å². The summed E-state index contributed by atoms with van der Waals surface area (Å²) in [6.07, 6.45) is 0. The lowest BCUT2D eigenvalue weighted by Crippen LogP contribution is -2.37. The lowest BCUT2D eigenvalue weighted by atomic mass is 9.85. The van der Waals surface area contributed by atoms with E-state index in [2.05, 4.69) is 30.3 Å². The van der Waals surface area contributed by atoms with Crippen LogP contribution in [0.3, 0.4) is 0 Å². The van der Waals surface area contributed by atoms with E-state index in [9.17, 15) is 4.79 Å². The molecule has 2 aromatic rings. The summed E-state index contributed by atoms with van der Waals surface area (Å²) in [6, 6.07) is 18.6. The van der Waals surface area contributed by atoms with Gasteiger partial charge in [-0.15, -0.1) is 0 Å². The topological polar surface area (TPSA) is 40.5 Å². The second-order valence-corrected chi connectivity index (χ2v) is 5.23. The summed E-state index contributed by atoms with van der Waals surface area (Å²) >= 11 is 0. The second kappa shape index (κ2) is 5.47. The Morgan fingerprint density at radius 1 is 1.10 bits per heavy atom. The van der Waals surface area contributed by atoms with E-state index in [1.807, 2.05) is 29.2 Å². The van der Waals surface area contributed by atoms with Gasteiger partial charge in [0, 0.05) is 19.0 Å². The minimum absolute atomic E-state index is 0.0949. The molecule has 0 fully saturated rings. The number of nitrogens with zero attached hydrogens (tertiary/aromatic N) is 1. The summed E-state index contributed by atoms with van der Waals surface area (Å²) < 4.78 is 0. The molecule has 0 amide bonds. The Morgan fingerprint density at radius 2 is 1.80 bits per heavy atom. The molecule has 0 spiro atoms. The van der Waals surface area contributed by atoms with Gasteiger partial charge in [0.1, 0.15) is 0 Å². The number of aliphatic carboxylic acids is 1. The summed E-state index contributed by atoms with van der Waals surface area (Å²) in [5, 5.41) is 9.03. The van der Waals surface area contributed by atoms with Crippen molar-refractivity contribution in [3.05, 3.63) is 71.3 Å². The van der Waals surface area contributed by atoms with E-state index in [1.54, 1.807) is 0 Å². The molecule has 1 heterocycles. The van der Waals surface area contributed by atoms with E-state index in [-0.39, 0.29) is 12.5 Å². The molecule has 0 bridgehead atoms. The molecule has 1 aliphatic heterocycles. The van der Waals surface area contributed by atoms with Gasteiger partial charge in [0.25, 0.3) is 0 Å². The largest absolute Gasteiger partial charge is 0.480 e. The Balaban J connectivity index is 1.97. The Labute approximate surface area is 118 Å². The molecule has 3 nitrogen and oxygen atoms in total. The third-order valence-corrected chi connectivity index (χ3v) is 3.83. The molecule has 1 unspecified atom stereocenters. The van der Waals surface area contributed by atoms with Crippen molar-refractivity contribution in [2.24, 2.45) is 0 Å². The zero-order valence-electron chi connectivity index (χ0n) is 11.2. The van der Waals surface area contributed by atoms with E-state index in [0.717, 1.165) is 6.54 Å². The summed E-state index contributed by atoms with van der Waals surface area (Å²) in [7, 11) is 0. The van der Waals surface area contributed by atoms with Crippen molar-refractivity contribution in [3.8, 4) is 0 Å². The molecule has 1 aliphatic rings. The van der Waals surface area contributed by atoms with Crippen molar-refractivity contribution in [1.82, 2.24) is 4.90 Å². The van der Waals surface area contributed by atoms with Gasteiger partial charge in [0.15, 0.2) is 0 Å². The van der Waals surface area contributed by atoms with Gasteiger partial charge >= 0.3 is 5.97 Å². The van der Waals surface area contributed by atoms with Crippen LogP contribution >= 0.6 is 0 Å². The predicted octanol–water partition coefficient (Wildman–Crippen LogP) is 2.72. The second-order valence-electron chi connectivity index (χ2n) is 5.23. The molecule has 0 saturated heterocycles. The van der Waals surface area contributed by atoms with Crippen LogP contribution in [0.1, 0.15) is 22.6 Å². The molecule has 20 heavy (non-hydrogen) atoms. The third kappa shape index (κ3) is 2.58. The van der Waals surface area contributed by atoms with Gasteiger partial charge in [-0.3, -0.25) is 9.69 Å². The highest BCUT2D eigenvalue weighted by atomic mass is 16.4. The van der Waals surface area contributed by atoms with Crippen molar-refractivity contribution >= 4 is 5.97 Å². The van der Waals surface area contributed by atoms with Crippen molar-refractivity contribution < 1.29 is 9.90 Å². The van der Waals surface area contributed by atoms with Gasteiger partial charge < -0.3 is 5.11 Å². The molecule has 3 heteroatoms. The first-order chi connectivity index (χ1) is 9.74. The quantitative estimate of drug-likeness (QED) is 0.929. The summed E-state index contributed by atoms with van der Waals surface area (Å²) in [5.74, 6) is -0.517. The predicted molar refractivity (Wildman–Crippen MR) is 77.6 cm³/mol. The first-order valence-corrected chi connectivity index (χ1v) is 6.81. The number of fused-ring (bicyclic) bond motifs is 1. The van der Waals surface area contributed by atoms with Crippen molar-refractivity contribution in [2.45, 2.75) is 12.5 Å². The van der Waals surface area contributed by atoms with Crippen LogP contribution in [0.5, 0.6) is 0 Å². The Morgan fingerprint density at radius 3 is 2.55 bits per heavy atom. The molecule has 2 aromatic carbocycles. The molecule has 3 rings (SSSR count). The smallest absolute Gasteiger partial charge is 0.317 e. The molecular formula is C17H17NO2. The molecule has 0 saturated carbocycles. The molecule has 0 aromatic heterocycles. The standard InChI is InChI=1S/C17H17NO2/c19-17(20)12-18-10-14-8-4-5-9-15(14)16(11-18)13-6-2-1-3-7-13/h1-9,16H,10-12H2,(H,19,20). The van der Waals surface area contributed by atoms with Crippen molar-refractivity contribution in [3.63, 3.8) is 0 Å². The van der Waals surface area contributed by atoms with Gasteiger partial charge in [0.05, 0.1) is 6.54 Å². The fourth-order valence-electron chi connectivity index (χ4n) is 2.96. The van der Waals surface area contributed by atoms with E-state index in [4.69, 9.17) is 5.11 Å². The van der Waals surface area contributed by atoms with Crippen LogP contribution in [0.2, 0.25) is 0 Å². The average Bonchev–Trinajstić information content (AvgIpc) is 2.47. The van der Waals surface area contributed by atoms with Crippen LogP contribution in [0.25, 0.3) is 0 Å². The Hall–Kier alpha value is -2.13. The number of carbonyl (C=O) groups is 1. The van der Waals surface area contributed by atoms with Crippen LogP contribution in [0.4, 0.5) is 0 Å². The minimum Gasteiger partial charge on any atom is -0.480 e. The van der Waals surface area contributed by atoms with Gasteiger partial charge in [0.2, 0.25) is 0 Å². The highest BCUT2D eigenvalue weighted by Crippen LogP contribution is 2.33. The summed E-state index contributed by atoms with van der Waals surface area (Å²) in [5.41, 5.74) is 3.80. The van der Waals surface area contributed by atoms with E-state index in [1.165, 1.54) is 16.7 Å². The van der Waals surface area contributed by atoms with Gasteiger partial charge in [-0.2, -0.15) is 0 Å². The maximum atomic E-state index is 11.0. The Bertz CT molecular complexity index is 609. The normalized spacial score (nSPS) is 18.5. The summed E-state index contributed by atoms with van der Waals surface area (Å²) in [4.78, 5) is 13.0. The van der Waals surface area contributed by atoms with Gasteiger partial charge in [-0.1, -0.05) is 54.6 Å². The molecule has 1 atom stereocenters. The van der Waals surface area contributed by atoms with E-state index in [0.29, 0.717) is 6.54 Å². The lowest BCUT2D eigenvalue weighted by molar-refractivity contribution is -0.138. The zero-order chi connectivity index (χ0) is 13.9. The lowest BCUT2D eigenvalue weighted by Gasteiger charge is -2.34. The molecule has 0 aliphatic carbocycles. The van der Waals surface area contributed by atoms with E-state index < -0.39 is 5.97 Å². The fourth-order valence-corrected chi connectivity index (χ4v) is 2.96. The maximum absolute atomic E-state index is 11.0. The van der Waals surface area contributed by atoms with Crippen LogP contribution in [0, 0.1) is 0 Å².